The monoisotopic (exact) mass is 401 g/mol. The van der Waals surface area contributed by atoms with E-state index < -0.39 is 11.7 Å². The summed E-state index contributed by atoms with van der Waals surface area (Å²) in [6.45, 7) is 5.96. The summed E-state index contributed by atoms with van der Waals surface area (Å²) >= 11 is 3.25. The topological polar surface area (TPSA) is 79.7 Å². The molecule has 0 atom stereocenters. The van der Waals surface area contributed by atoms with E-state index in [2.05, 4.69) is 20.9 Å². The number of carboxylic acid groups (broad SMARTS) is 1. The van der Waals surface area contributed by atoms with Gasteiger partial charge in [0, 0.05) is 10.8 Å². The molecule has 0 bridgehead atoms. The number of hydrogen-bond acceptors (Lipinski definition) is 4. The first-order valence-corrected chi connectivity index (χ1v) is 8.38. The van der Waals surface area contributed by atoms with Crippen LogP contribution in [0.2, 0.25) is 0 Å². The highest BCUT2D eigenvalue weighted by molar-refractivity contribution is 9.10. The quantitative estimate of drug-likeness (QED) is 0.595. The molecule has 3 aromatic rings. The van der Waals surface area contributed by atoms with Crippen molar-refractivity contribution in [3.05, 3.63) is 57.3 Å². The highest BCUT2D eigenvalue weighted by Crippen LogP contribution is 2.37. The van der Waals surface area contributed by atoms with Crippen LogP contribution in [0.15, 0.2) is 34.9 Å². The number of rotatable bonds is 3. The molecule has 0 aliphatic heterocycles. The largest absolute Gasteiger partial charge is 0.505 e. The molecule has 2 N–H and O–H groups in total. The zero-order valence-electron chi connectivity index (χ0n) is 13.9. The number of halogens is 1. The number of fused-ring (bicyclic) bond motifs is 1. The summed E-state index contributed by atoms with van der Waals surface area (Å²) in [5.74, 6) is -0.423. The molecule has 0 radical (unpaired) electrons. The van der Waals surface area contributed by atoms with E-state index in [-0.39, 0.29) is 5.75 Å². The third-order valence-electron chi connectivity index (χ3n) is 3.93. The predicted octanol–water partition coefficient (Wildman–Crippen LogP) is 5.12. The molecule has 25 heavy (non-hydrogen) atoms. The lowest BCUT2D eigenvalue weighted by Crippen LogP contribution is -2.02. The van der Waals surface area contributed by atoms with Crippen molar-refractivity contribution in [1.82, 2.24) is 4.98 Å². The van der Waals surface area contributed by atoms with E-state index in [1.165, 1.54) is 0 Å². The second-order valence-electron chi connectivity index (χ2n) is 5.94. The Morgan fingerprint density at radius 1 is 1.08 bits per heavy atom. The average molecular weight is 402 g/mol. The van der Waals surface area contributed by atoms with Crippen molar-refractivity contribution in [3.8, 4) is 17.2 Å². The summed E-state index contributed by atoms with van der Waals surface area (Å²) in [5, 5.41) is 20.4. The average Bonchev–Trinajstić information content (AvgIpc) is 2.54. The van der Waals surface area contributed by atoms with Gasteiger partial charge in [0.1, 0.15) is 16.1 Å². The molecule has 128 valence electrons. The van der Waals surface area contributed by atoms with Crippen LogP contribution in [0.4, 0.5) is 0 Å². The van der Waals surface area contributed by atoms with Crippen LogP contribution < -0.4 is 4.74 Å². The summed E-state index contributed by atoms with van der Waals surface area (Å²) in [5.41, 5.74) is 2.76. The van der Waals surface area contributed by atoms with Crippen molar-refractivity contribution in [1.29, 1.82) is 0 Å². The number of nitrogens with zero attached hydrogens (tertiary/aromatic N) is 1. The fraction of sp³-hybridized carbons (Fsp3) is 0.158. The van der Waals surface area contributed by atoms with Crippen LogP contribution >= 0.6 is 15.9 Å². The maximum Gasteiger partial charge on any atom is 0.358 e. The minimum atomic E-state index is -1.29. The SMILES string of the molecule is Cc1cc(C)c(Oc2ccc3c(Br)nc(C(=O)O)c(O)c3c2)c(C)c1. The third kappa shape index (κ3) is 3.17. The van der Waals surface area contributed by atoms with E-state index in [1.54, 1.807) is 18.2 Å². The number of carbonyl (C=O) groups is 1. The summed E-state index contributed by atoms with van der Waals surface area (Å²) < 4.78 is 6.36. The lowest BCUT2D eigenvalue weighted by atomic mass is 10.1. The second kappa shape index (κ2) is 6.37. The molecule has 1 aromatic heterocycles. The molecule has 0 saturated carbocycles. The van der Waals surface area contributed by atoms with Crippen molar-refractivity contribution in [3.63, 3.8) is 0 Å². The fourth-order valence-corrected chi connectivity index (χ4v) is 3.42. The molecule has 3 rings (SSSR count). The van der Waals surface area contributed by atoms with Crippen molar-refractivity contribution < 1.29 is 19.7 Å². The van der Waals surface area contributed by atoms with E-state index >= 15 is 0 Å². The summed E-state index contributed by atoms with van der Waals surface area (Å²) in [7, 11) is 0. The molecule has 0 spiro atoms. The van der Waals surface area contributed by atoms with Gasteiger partial charge >= 0.3 is 5.97 Å². The fourth-order valence-electron chi connectivity index (χ4n) is 2.90. The number of hydrogen-bond donors (Lipinski definition) is 2. The Balaban J connectivity index is 2.13. The Kier molecular flexibility index (Phi) is 4.39. The second-order valence-corrected chi connectivity index (χ2v) is 6.69. The lowest BCUT2D eigenvalue weighted by Gasteiger charge is -2.14. The Morgan fingerprint density at radius 3 is 2.32 bits per heavy atom. The van der Waals surface area contributed by atoms with Gasteiger partial charge in [-0.3, -0.25) is 0 Å². The van der Waals surface area contributed by atoms with Crippen LogP contribution in [0.5, 0.6) is 17.2 Å². The van der Waals surface area contributed by atoms with E-state index in [9.17, 15) is 15.0 Å². The number of benzene rings is 2. The summed E-state index contributed by atoms with van der Waals surface area (Å²) in [4.78, 5) is 15.1. The van der Waals surface area contributed by atoms with Crippen LogP contribution in [-0.4, -0.2) is 21.2 Å². The van der Waals surface area contributed by atoms with Crippen LogP contribution in [0.1, 0.15) is 27.2 Å². The van der Waals surface area contributed by atoms with Crippen molar-refractivity contribution in [2.45, 2.75) is 20.8 Å². The minimum absolute atomic E-state index is 0.354. The highest BCUT2D eigenvalue weighted by Gasteiger charge is 2.18. The van der Waals surface area contributed by atoms with Gasteiger partial charge in [-0.2, -0.15) is 0 Å². The molecule has 0 fully saturated rings. The van der Waals surface area contributed by atoms with Gasteiger partial charge in [0.15, 0.2) is 11.4 Å². The number of pyridine rings is 1. The van der Waals surface area contributed by atoms with Crippen molar-refractivity contribution in [2.75, 3.05) is 0 Å². The molecule has 0 aliphatic carbocycles. The number of aryl methyl sites for hydroxylation is 3. The van der Waals surface area contributed by atoms with Gasteiger partial charge in [0.25, 0.3) is 0 Å². The molecule has 0 aliphatic rings. The molecule has 5 nitrogen and oxygen atoms in total. The smallest absolute Gasteiger partial charge is 0.358 e. The van der Waals surface area contributed by atoms with Crippen LogP contribution in [0.25, 0.3) is 10.8 Å². The van der Waals surface area contributed by atoms with Crippen molar-refractivity contribution in [2.24, 2.45) is 0 Å². The normalized spacial score (nSPS) is 10.9. The molecule has 2 aromatic carbocycles. The van der Waals surface area contributed by atoms with Gasteiger partial charge in [-0.1, -0.05) is 17.7 Å². The molecular formula is C19H16BrNO4. The Hall–Kier alpha value is -2.60. The summed E-state index contributed by atoms with van der Waals surface area (Å²) in [6, 6.07) is 9.16. The standard InChI is InChI=1S/C19H16BrNO4/c1-9-6-10(2)17(11(3)7-9)25-12-4-5-13-14(8-12)16(22)15(19(23)24)21-18(13)20/h4-8,22H,1-3H3,(H,23,24). The Labute approximate surface area is 153 Å². The molecular weight excluding hydrogens is 386 g/mol. The van der Waals surface area contributed by atoms with Gasteiger partial charge in [-0.25, -0.2) is 9.78 Å². The van der Waals surface area contributed by atoms with E-state index in [0.717, 1.165) is 22.4 Å². The highest BCUT2D eigenvalue weighted by atomic mass is 79.9. The first-order valence-electron chi connectivity index (χ1n) is 7.59. The van der Waals surface area contributed by atoms with Crippen LogP contribution in [0, 0.1) is 20.8 Å². The number of carboxylic acids is 1. The Morgan fingerprint density at radius 2 is 1.72 bits per heavy atom. The molecule has 0 saturated heterocycles. The van der Waals surface area contributed by atoms with E-state index in [0.29, 0.717) is 21.1 Å². The van der Waals surface area contributed by atoms with Gasteiger partial charge in [-0.15, -0.1) is 0 Å². The predicted molar refractivity (Wildman–Crippen MR) is 98.8 cm³/mol. The van der Waals surface area contributed by atoms with Crippen LogP contribution in [0.3, 0.4) is 0 Å². The molecule has 0 amide bonds. The maximum atomic E-state index is 11.2. The molecule has 1 heterocycles. The number of ether oxygens (including phenoxy) is 1. The first kappa shape index (κ1) is 17.2. The van der Waals surface area contributed by atoms with Gasteiger partial charge in [-0.05, 0) is 66.0 Å². The van der Waals surface area contributed by atoms with Gasteiger partial charge < -0.3 is 14.9 Å². The zero-order chi connectivity index (χ0) is 18.3. The number of aromatic hydroxyl groups is 1. The number of aromatic carboxylic acids is 1. The number of aromatic nitrogens is 1. The molecule has 0 unspecified atom stereocenters. The maximum absolute atomic E-state index is 11.2. The molecule has 6 heteroatoms. The van der Waals surface area contributed by atoms with E-state index in [1.807, 2.05) is 32.9 Å². The zero-order valence-corrected chi connectivity index (χ0v) is 15.5. The lowest BCUT2D eigenvalue weighted by molar-refractivity contribution is 0.0687. The Bertz CT molecular complexity index is 991. The third-order valence-corrected chi connectivity index (χ3v) is 4.53. The first-order chi connectivity index (χ1) is 11.8. The van der Waals surface area contributed by atoms with Crippen LogP contribution in [-0.2, 0) is 0 Å². The minimum Gasteiger partial charge on any atom is -0.505 e. The van der Waals surface area contributed by atoms with E-state index in [4.69, 9.17) is 4.74 Å². The van der Waals surface area contributed by atoms with Gasteiger partial charge in [0.2, 0.25) is 0 Å². The summed E-state index contributed by atoms with van der Waals surface area (Å²) in [6.07, 6.45) is 0. The van der Waals surface area contributed by atoms with Crippen molar-refractivity contribution >= 4 is 32.7 Å². The van der Waals surface area contributed by atoms with Gasteiger partial charge in [0.05, 0.1) is 0 Å².